The van der Waals surface area contributed by atoms with Crippen LogP contribution in [-0.2, 0) is 0 Å². The summed E-state index contributed by atoms with van der Waals surface area (Å²) in [4.78, 5) is 28.4. The molecule has 1 amide bonds. The molecule has 1 atom stereocenters. The molecule has 4 rings (SSSR count). The summed E-state index contributed by atoms with van der Waals surface area (Å²) in [7, 11) is 0. The van der Waals surface area contributed by atoms with E-state index in [-0.39, 0.29) is 17.5 Å². The molecule has 6 nitrogen and oxygen atoms in total. The Balaban J connectivity index is 1.67. The zero-order valence-corrected chi connectivity index (χ0v) is 13.1. The molecule has 0 unspecified atom stereocenters. The standard InChI is InChI=1S/C17H16FN5O/c1-9-4-5-19-16(22-9)14(10-2-3-10)23-17(24)12-6-11(18)7-13-15(12)21-8-20-13/h4-8,10,14H,2-3H2,1H3,(H,20,21)(H,23,24)/t14-/m0/s1. The first kappa shape index (κ1) is 14.7. The van der Waals surface area contributed by atoms with E-state index in [0.717, 1.165) is 18.5 Å². The first-order chi connectivity index (χ1) is 11.6. The fourth-order valence-electron chi connectivity index (χ4n) is 2.85. The van der Waals surface area contributed by atoms with Gasteiger partial charge in [-0.15, -0.1) is 0 Å². The monoisotopic (exact) mass is 325 g/mol. The van der Waals surface area contributed by atoms with Gasteiger partial charge in [0.1, 0.15) is 11.3 Å². The van der Waals surface area contributed by atoms with Crippen molar-refractivity contribution in [3.63, 3.8) is 0 Å². The van der Waals surface area contributed by atoms with Crippen molar-refractivity contribution in [3.05, 3.63) is 53.6 Å². The van der Waals surface area contributed by atoms with E-state index in [0.29, 0.717) is 22.8 Å². The molecule has 3 aromatic rings. The molecule has 1 aliphatic rings. The van der Waals surface area contributed by atoms with Crippen LogP contribution in [0.25, 0.3) is 11.0 Å². The molecule has 0 saturated heterocycles. The summed E-state index contributed by atoms with van der Waals surface area (Å²) in [5.41, 5.74) is 2.01. The maximum atomic E-state index is 13.8. The smallest absolute Gasteiger partial charge is 0.254 e. The van der Waals surface area contributed by atoms with Gasteiger partial charge in [-0.2, -0.15) is 0 Å². The van der Waals surface area contributed by atoms with Gasteiger partial charge in [-0.25, -0.2) is 19.3 Å². The first-order valence-corrected chi connectivity index (χ1v) is 7.85. The lowest BCUT2D eigenvalue weighted by Crippen LogP contribution is -2.31. The number of carbonyl (C=O) groups is 1. The maximum Gasteiger partial charge on any atom is 0.254 e. The number of carbonyl (C=O) groups excluding carboxylic acids is 1. The molecule has 1 fully saturated rings. The Bertz CT molecular complexity index is 918. The molecule has 1 aromatic carbocycles. The lowest BCUT2D eigenvalue weighted by molar-refractivity contribution is 0.0930. The van der Waals surface area contributed by atoms with E-state index in [9.17, 15) is 9.18 Å². The Morgan fingerprint density at radius 1 is 1.38 bits per heavy atom. The van der Waals surface area contributed by atoms with Crippen molar-refractivity contribution in [2.75, 3.05) is 0 Å². The van der Waals surface area contributed by atoms with E-state index in [2.05, 4.69) is 25.3 Å². The van der Waals surface area contributed by atoms with Crippen LogP contribution in [0.5, 0.6) is 0 Å². The number of rotatable bonds is 4. The van der Waals surface area contributed by atoms with E-state index < -0.39 is 5.82 Å². The van der Waals surface area contributed by atoms with Gasteiger partial charge in [-0.1, -0.05) is 0 Å². The second kappa shape index (κ2) is 5.67. The molecular formula is C17H16FN5O. The molecule has 7 heteroatoms. The maximum absolute atomic E-state index is 13.8. The average Bonchev–Trinajstić information content (AvgIpc) is 3.29. The van der Waals surface area contributed by atoms with Crippen LogP contribution in [0.2, 0.25) is 0 Å². The second-order valence-electron chi connectivity index (χ2n) is 6.10. The van der Waals surface area contributed by atoms with E-state index in [1.54, 1.807) is 6.20 Å². The third-order valence-electron chi connectivity index (χ3n) is 4.20. The van der Waals surface area contributed by atoms with Gasteiger partial charge in [-0.05, 0) is 43.9 Å². The zero-order chi connectivity index (χ0) is 16.7. The highest BCUT2D eigenvalue weighted by molar-refractivity contribution is 6.04. The zero-order valence-electron chi connectivity index (χ0n) is 13.1. The van der Waals surface area contributed by atoms with Crippen LogP contribution in [0.3, 0.4) is 0 Å². The number of nitrogens with one attached hydrogen (secondary N) is 2. The van der Waals surface area contributed by atoms with Gasteiger partial charge in [0.15, 0.2) is 5.82 Å². The Morgan fingerprint density at radius 2 is 2.21 bits per heavy atom. The van der Waals surface area contributed by atoms with Crippen molar-refractivity contribution >= 4 is 16.9 Å². The predicted octanol–water partition coefficient (Wildman–Crippen LogP) is 2.68. The largest absolute Gasteiger partial charge is 0.344 e. The Kier molecular flexibility index (Phi) is 3.48. The number of hydrogen-bond donors (Lipinski definition) is 2. The molecule has 0 radical (unpaired) electrons. The molecule has 1 aliphatic carbocycles. The minimum atomic E-state index is -0.480. The molecule has 0 aliphatic heterocycles. The molecule has 1 saturated carbocycles. The van der Waals surface area contributed by atoms with Gasteiger partial charge in [0.05, 0.1) is 23.4 Å². The Morgan fingerprint density at radius 3 is 2.96 bits per heavy atom. The van der Waals surface area contributed by atoms with Gasteiger partial charge in [0, 0.05) is 11.9 Å². The first-order valence-electron chi connectivity index (χ1n) is 7.85. The van der Waals surface area contributed by atoms with Crippen molar-refractivity contribution in [1.82, 2.24) is 25.3 Å². The highest BCUT2D eigenvalue weighted by atomic mass is 19.1. The highest BCUT2D eigenvalue weighted by Crippen LogP contribution is 2.40. The van der Waals surface area contributed by atoms with Crippen LogP contribution in [0.4, 0.5) is 4.39 Å². The summed E-state index contributed by atoms with van der Waals surface area (Å²) >= 11 is 0. The molecule has 0 bridgehead atoms. The van der Waals surface area contributed by atoms with Crippen molar-refractivity contribution in [2.45, 2.75) is 25.8 Å². The van der Waals surface area contributed by atoms with Crippen molar-refractivity contribution in [2.24, 2.45) is 5.92 Å². The Labute approximate surface area is 137 Å². The number of aromatic nitrogens is 4. The Hall–Kier alpha value is -2.83. The van der Waals surface area contributed by atoms with E-state index >= 15 is 0 Å². The summed E-state index contributed by atoms with van der Waals surface area (Å²) in [5.74, 6) is 0.0693. The second-order valence-corrected chi connectivity index (χ2v) is 6.10. The third-order valence-corrected chi connectivity index (χ3v) is 4.20. The third kappa shape index (κ3) is 2.73. The molecule has 2 heterocycles. The summed E-state index contributed by atoms with van der Waals surface area (Å²) in [6.45, 7) is 1.89. The number of amides is 1. The lowest BCUT2D eigenvalue weighted by Gasteiger charge is -2.17. The van der Waals surface area contributed by atoms with Crippen molar-refractivity contribution in [3.8, 4) is 0 Å². The van der Waals surface area contributed by atoms with Crippen LogP contribution in [-0.4, -0.2) is 25.8 Å². The number of H-pyrrole nitrogens is 1. The van der Waals surface area contributed by atoms with Crippen molar-refractivity contribution < 1.29 is 9.18 Å². The molecule has 2 N–H and O–H groups in total. The normalized spacial score (nSPS) is 15.4. The van der Waals surface area contributed by atoms with Gasteiger partial charge < -0.3 is 10.3 Å². The van der Waals surface area contributed by atoms with Crippen LogP contribution >= 0.6 is 0 Å². The summed E-state index contributed by atoms with van der Waals surface area (Å²) in [6.07, 6.45) is 5.17. The van der Waals surface area contributed by atoms with Crippen LogP contribution < -0.4 is 5.32 Å². The highest BCUT2D eigenvalue weighted by Gasteiger charge is 2.35. The lowest BCUT2D eigenvalue weighted by atomic mass is 10.1. The fourth-order valence-corrected chi connectivity index (χ4v) is 2.85. The minimum absolute atomic E-state index is 0.213. The van der Waals surface area contributed by atoms with Gasteiger partial charge in [-0.3, -0.25) is 4.79 Å². The number of benzene rings is 1. The fraction of sp³-hybridized carbons (Fsp3) is 0.294. The SMILES string of the molecule is Cc1ccnc([C@@H](NC(=O)c2cc(F)cc3[nH]cnc23)C2CC2)n1. The van der Waals surface area contributed by atoms with Crippen LogP contribution in [0, 0.1) is 18.7 Å². The molecule has 24 heavy (non-hydrogen) atoms. The van der Waals surface area contributed by atoms with Crippen LogP contribution in [0.15, 0.2) is 30.7 Å². The number of aromatic amines is 1. The number of fused-ring (bicyclic) bond motifs is 1. The van der Waals surface area contributed by atoms with Gasteiger partial charge in [0.2, 0.25) is 0 Å². The molecule has 2 aromatic heterocycles. The van der Waals surface area contributed by atoms with E-state index in [1.807, 2.05) is 13.0 Å². The number of imidazole rings is 1. The van der Waals surface area contributed by atoms with E-state index in [4.69, 9.17) is 0 Å². The summed E-state index contributed by atoms with van der Waals surface area (Å²) in [5, 5.41) is 2.96. The van der Waals surface area contributed by atoms with E-state index in [1.165, 1.54) is 18.5 Å². The van der Waals surface area contributed by atoms with Crippen molar-refractivity contribution in [1.29, 1.82) is 0 Å². The minimum Gasteiger partial charge on any atom is -0.344 e. The average molecular weight is 325 g/mol. The van der Waals surface area contributed by atoms with Gasteiger partial charge >= 0.3 is 0 Å². The summed E-state index contributed by atoms with van der Waals surface area (Å²) < 4.78 is 13.8. The molecular weight excluding hydrogens is 309 g/mol. The summed E-state index contributed by atoms with van der Waals surface area (Å²) in [6, 6.07) is 4.07. The van der Waals surface area contributed by atoms with Crippen LogP contribution in [0.1, 0.15) is 40.8 Å². The quantitative estimate of drug-likeness (QED) is 0.772. The number of aryl methyl sites for hydroxylation is 1. The van der Waals surface area contributed by atoms with Gasteiger partial charge in [0.25, 0.3) is 5.91 Å². The molecule has 122 valence electrons. The topological polar surface area (TPSA) is 83.6 Å². The number of halogens is 1. The predicted molar refractivity (Wildman–Crippen MR) is 85.8 cm³/mol. The number of nitrogens with zero attached hydrogens (tertiary/aromatic N) is 3. The number of hydrogen-bond acceptors (Lipinski definition) is 4. The molecule has 0 spiro atoms.